The summed E-state index contributed by atoms with van der Waals surface area (Å²) in [5, 5.41) is 12.1. The molecular formula is C26H21N5O2S. The first kappa shape index (κ1) is 21.5. The van der Waals surface area contributed by atoms with Crippen LogP contribution in [0.3, 0.4) is 0 Å². The molecule has 0 saturated carbocycles. The molecule has 0 aliphatic rings. The molecule has 0 bridgehead atoms. The Labute approximate surface area is 200 Å². The number of rotatable bonds is 6. The third-order valence-corrected chi connectivity index (χ3v) is 6.32. The number of fused-ring (bicyclic) bond motifs is 1. The van der Waals surface area contributed by atoms with Gasteiger partial charge in [0.05, 0.1) is 28.4 Å². The molecule has 3 aromatic heterocycles. The van der Waals surface area contributed by atoms with Gasteiger partial charge >= 0.3 is 6.03 Å². The molecule has 0 aliphatic carbocycles. The molecular weight excluding hydrogens is 446 g/mol. The van der Waals surface area contributed by atoms with E-state index in [2.05, 4.69) is 20.7 Å². The second-order valence-corrected chi connectivity index (χ2v) is 8.69. The lowest BCUT2D eigenvalue weighted by molar-refractivity contribution is 0.104. The summed E-state index contributed by atoms with van der Waals surface area (Å²) in [6.45, 7) is 1.94. The molecule has 2 amide bonds. The number of carbonyl (C=O) groups excluding carboxylic acids is 2. The minimum Gasteiger partial charge on any atom is -0.331 e. The van der Waals surface area contributed by atoms with Crippen LogP contribution < -0.4 is 10.6 Å². The molecule has 0 unspecified atom stereocenters. The quantitative estimate of drug-likeness (QED) is 0.320. The van der Waals surface area contributed by atoms with Crippen LogP contribution in [0.15, 0.2) is 90.6 Å². The number of nitrogens with zero attached hydrogens (tertiary/aromatic N) is 3. The number of hydrogen-bond acceptors (Lipinski definition) is 5. The number of hydrogen-bond donors (Lipinski definition) is 2. The normalized spacial score (nSPS) is 11.8. The fourth-order valence-electron chi connectivity index (χ4n) is 3.76. The molecule has 0 spiro atoms. The summed E-state index contributed by atoms with van der Waals surface area (Å²) in [7, 11) is 0. The van der Waals surface area contributed by atoms with E-state index < -0.39 is 0 Å². The number of benzene rings is 2. The monoisotopic (exact) mass is 467 g/mol. The molecule has 0 saturated heterocycles. The van der Waals surface area contributed by atoms with Crippen LogP contribution in [0.5, 0.6) is 0 Å². The van der Waals surface area contributed by atoms with Gasteiger partial charge in [-0.1, -0.05) is 48.5 Å². The molecule has 5 rings (SSSR count). The van der Waals surface area contributed by atoms with E-state index in [1.807, 2.05) is 79.0 Å². The van der Waals surface area contributed by atoms with Gasteiger partial charge in [0.25, 0.3) is 0 Å². The van der Waals surface area contributed by atoms with E-state index in [4.69, 9.17) is 0 Å². The number of anilines is 1. The number of carbonyl (C=O) groups is 2. The third kappa shape index (κ3) is 4.31. The molecule has 1 atom stereocenters. The minimum atomic E-state index is -0.295. The summed E-state index contributed by atoms with van der Waals surface area (Å²) in [6.07, 6.45) is 3.21. The van der Waals surface area contributed by atoms with Crippen LogP contribution >= 0.6 is 11.3 Å². The van der Waals surface area contributed by atoms with E-state index in [-0.39, 0.29) is 17.9 Å². The summed E-state index contributed by atoms with van der Waals surface area (Å²) in [5.74, 6) is -0.103. The molecule has 5 aromatic rings. The Morgan fingerprint density at radius 1 is 1.00 bits per heavy atom. The predicted molar refractivity (Wildman–Crippen MR) is 133 cm³/mol. The van der Waals surface area contributed by atoms with Gasteiger partial charge in [-0.15, -0.1) is 11.3 Å². The Bertz CT molecular complexity index is 1460. The van der Waals surface area contributed by atoms with Crippen molar-refractivity contribution in [3.63, 3.8) is 0 Å². The maximum atomic E-state index is 12.9. The van der Waals surface area contributed by atoms with Gasteiger partial charge in [0.1, 0.15) is 0 Å². The second kappa shape index (κ2) is 9.29. The van der Waals surface area contributed by atoms with E-state index in [0.29, 0.717) is 21.8 Å². The lowest BCUT2D eigenvalue weighted by Crippen LogP contribution is -2.31. The van der Waals surface area contributed by atoms with E-state index in [9.17, 15) is 9.59 Å². The van der Waals surface area contributed by atoms with Crippen LogP contribution in [0.1, 0.15) is 33.8 Å². The van der Waals surface area contributed by atoms with Gasteiger partial charge in [0, 0.05) is 17.4 Å². The van der Waals surface area contributed by atoms with Crippen LogP contribution in [0.4, 0.5) is 10.5 Å². The topological polar surface area (TPSA) is 88.4 Å². The van der Waals surface area contributed by atoms with Gasteiger partial charge in [-0.2, -0.15) is 5.10 Å². The van der Waals surface area contributed by atoms with Crippen LogP contribution in [-0.4, -0.2) is 26.4 Å². The molecule has 2 aromatic carbocycles. The molecule has 34 heavy (non-hydrogen) atoms. The zero-order valence-electron chi connectivity index (χ0n) is 18.3. The van der Waals surface area contributed by atoms with Gasteiger partial charge in [0.15, 0.2) is 5.65 Å². The van der Waals surface area contributed by atoms with Crippen molar-refractivity contribution in [1.82, 2.24) is 19.9 Å². The van der Waals surface area contributed by atoms with Gasteiger partial charge in [-0.05, 0) is 42.1 Å². The fraction of sp³-hybridized carbons (Fsp3) is 0.0769. The smallest absolute Gasteiger partial charge is 0.319 e. The van der Waals surface area contributed by atoms with Crippen LogP contribution in [0, 0.1) is 0 Å². The number of thiophene rings is 1. The Balaban J connectivity index is 1.38. The van der Waals surface area contributed by atoms with Gasteiger partial charge in [0.2, 0.25) is 5.78 Å². The number of ketones is 1. The highest BCUT2D eigenvalue weighted by molar-refractivity contribution is 7.12. The predicted octanol–water partition coefficient (Wildman–Crippen LogP) is 5.57. The highest BCUT2D eigenvalue weighted by atomic mass is 32.1. The van der Waals surface area contributed by atoms with Gasteiger partial charge in [-0.25, -0.2) is 14.3 Å². The average Bonchev–Trinajstić information content (AvgIpc) is 3.55. The molecule has 2 N–H and O–H groups in total. The first-order valence-electron chi connectivity index (χ1n) is 10.7. The van der Waals surface area contributed by atoms with Crippen LogP contribution in [0.2, 0.25) is 0 Å². The third-order valence-electron chi connectivity index (χ3n) is 5.45. The Kier molecular flexibility index (Phi) is 5.88. The van der Waals surface area contributed by atoms with Crippen molar-refractivity contribution in [1.29, 1.82) is 0 Å². The highest BCUT2D eigenvalue weighted by Crippen LogP contribution is 2.25. The molecule has 168 valence electrons. The molecule has 7 nitrogen and oxygen atoms in total. The zero-order valence-corrected chi connectivity index (χ0v) is 19.1. The SMILES string of the molecule is C[C@@H](NC(=O)Nc1cccc(-c2ccnc3c(C(=O)c4cccs4)cnn23)c1)c1ccccc1. The number of aromatic nitrogens is 3. The van der Waals surface area contributed by atoms with Crippen molar-refractivity contribution in [2.45, 2.75) is 13.0 Å². The summed E-state index contributed by atoms with van der Waals surface area (Å²) >= 11 is 1.39. The maximum Gasteiger partial charge on any atom is 0.319 e. The molecule has 3 heterocycles. The Morgan fingerprint density at radius 3 is 2.65 bits per heavy atom. The first-order valence-corrected chi connectivity index (χ1v) is 11.6. The van der Waals surface area contributed by atoms with E-state index in [0.717, 1.165) is 16.8 Å². The molecule has 0 fully saturated rings. The van der Waals surface area contributed by atoms with Crippen molar-refractivity contribution in [3.05, 3.63) is 107 Å². The molecule has 0 radical (unpaired) electrons. The number of urea groups is 1. The van der Waals surface area contributed by atoms with Gasteiger partial charge < -0.3 is 10.6 Å². The van der Waals surface area contributed by atoms with Gasteiger partial charge in [-0.3, -0.25) is 4.79 Å². The fourth-order valence-corrected chi connectivity index (χ4v) is 4.43. The average molecular weight is 468 g/mol. The first-order chi connectivity index (χ1) is 16.6. The van der Waals surface area contributed by atoms with Crippen molar-refractivity contribution in [2.75, 3.05) is 5.32 Å². The second-order valence-electron chi connectivity index (χ2n) is 7.74. The van der Waals surface area contributed by atoms with E-state index in [1.165, 1.54) is 11.3 Å². The van der Waals surface area contributed by atoms with Crippen LogP contribution in [0.25, 0.3) is 16.9 Å². The van der Waals surface area contributed by atoms with E-state index in [1.54, 1.807) is 23.0 Å². The standard InChI is InChI=1S/C26H21N5O2S/c1-17(18-7-3-2-4-8-18)29-26(33)30-20-10-5-9-19(15-20)22-12-13-27-25-21(16-28-31(22)25)24(32)23-11-6-14-34-23/h2-17H,1H3,(H2,29,30,33)/t17-/m1/s1. The van der Waals surface area contributed by atoms with Crippen molar-refractivity contribution < 1.29 is 9.59 Å². The Morgan fingerprint density at radius 2 is 1.85 bits per heavy atom. The highest BCUT2D eigenvalue weighted by Gasteiger charge is 2.18. The number of amides is 2. The maximum absolute atomic E-state index is 12.9. The van der Waals surface area contributed by atoms with Crippen LogP contribution in [-0.2, 0) is 0 Å². The minimum absolute atomic E-state index is 0.103. The van der Waals surface area contributed by atoms with E-state index >= 15 is 0 Å². The number of nitrogens with one attached hydrogen (secondary N) is 2. The summed E-state index contributed by atoms with van der Waals surface area (Å²) < 4.78 is 1.65. The summed E-state index contributed by atoms with van der Waals surface area (Å²) in [6, 6.07) is 22.3. The van der Waals surface area contributed by atoms with Crippen molar-refractivity contribution >= 4 is 34.5 Å². The lowest BCUT2D eigenvalue weighted by atomic mass is 10.1. The van der Waals surface area contributed by atoms with Crippen molar-refractivity contribution in [3.8, 4) is 11.3 Å². The summed E-state index contributed by atoms with van der Waals surface area (Å²) in [4.78, 5) is 30.5. The van der Waals surface area contributed by atoms with Crippen molar-refractivity contribution in [2.24, 2.45) is 0 Å². The lowest BCUT2D eigenvalue weighted by Gasteiger charge is -2.15. The zero-order chi connectivity index (χ0) is 23.5. The molecule has 8 heteroatoms. The largest absolute Gasteiger partial charge is 0.331 e. The summed E-state index contributed by atoms with van der Waals surface area (Å²) in [5.41, 5.74) is 4.20. The molecule has 0 aliphatic heterocycles. The Hall–Kier alpha value is -4.30.